The zero-order chi connectivity index (χ0) is 16.0. The van der Waals surface area contributed by atoms with E-state index < -0.39 is 18.3 Å². The molecule has 0 amide bonds. The number of pyridine rings is 1. The summed E-state index contributed by atoms with van der Waals surface area (Å²) in [5.74, 6) is 0.324. The Bertz CT molecular complexity index is 546. The van der Waals surface area contributed by atoms with Crippen molar-refractivity contribution in [2.75, 3.05) is 31.2 Å². The highest BCUT2D eigenvalue weighted by molar-refractivity contribution is 6.63. The van der Waals surface area contributed by atoms with Gasteiger partial charge in [-0.2, -0.15) is 0 Å². The Morgan fingerprint density at radius 3 is 2.32 bits per heavy atom. The van der Waals surface area contributed by atoms with Crippen molar-refractivity contribution in [1.29, 1.82) is 0 Å². The van der Waals surface area contributed by atoms with Crippen molar-refractivity contribution in [3.63, 3.8) is 0 Å². The van der Waals surface area contributed by atoms with E-state index in [-0.39, 0.29) is 5.82 Å². The SMILES string of the molecule is CC1(C)OB(c2cc(F)cnc2N2CCOCC2)OC1(C)C. The quantitative estimate of drug-likeness (QED) is 0.772. The molecule has 0 N–H and O–H groups in total. The number of rotatable bonds is 2. The fourth-order valence-corrected chi connectivity index (χ4v) is 2.63. The maximum Gasteiger partial charge on any atom is 0.498 e. The van der Waals surface area contributed by atoms with Gasteiger partial charge in [-0.1, -0.05) is 0 Å². The van der Waals surface area contributed by atoms with Crippen molar-refractivity contribution in [1.82, 2.24) is 4.98 Å². The Labute approximate surface area is 130 Å². The normalized spacial score (nSPS) is 23.9. The van der Waals surface area contributed by atoms with E-state index in [0.717, 1.165) is 13.1 Å². The highest BCUT2D eigenvalue weighted by Crippen LogP contribution is 2.37. The van der Waals surface area contributed by atoms with Gasteiger partial charge in [0.2, 0.25) is 0 Å². The van der Waals surface area contributed by atoms with Crippen LogP contribution in [0, 0.1) is 5.82 Å². The second-order valence-corrected chi connectivity index (χ2v) is 6.75. The molecular formula is C15H22BFN2O3. The topological polar surface area (TPSA) is 43.8 Å². The third-order valence-corrected chi connectivity index (χ3v) is 4.68. The fraction of sp³-hybridized carbons (Fsp3) is 0.667. The minimum Gasteiger partial charge on any atom is -0.399 e. The van der Waals surface area contributed by atoms with Crippen molar-refractivity contribution in [3.05, 3.63) is 18.1 Å². The summed E-state index contributed by atoms with van der Waals surface area (Å²) in [6, 6.07) is 1.46. The van der Waals surface area contributed by atoms with Crippen LogP contribution in [0.2, 0.25) is 0 Å². The van der Waals surface area contributed by atoms with Gasteiger partial charge in [0, 0.05) is 18.6 Å². The van der Waals surface area contributed by atoms with Crippen molar-refractivity contribution >= 4 is 18.4 Å². The molecule has 2 aliphatic rings. The Morgan fingerprint density at radius 2 is 1.73 bits per heavy atom. The predicted molar refractivity (Wildman–Crippen MR) is 82.9 cm³/mol. The number of aromatic nitrogens is 1. The number of halogens is 1. The Morgan fingerprint density at radius 1 is 1.14 bits per heavy atom. The van der Waals surface area contributed by atoms with Gasteiger partial charge in [0.15, 0.2) is 0 Å². The number of ether oxygens (including phenoxy) is 1. The highest BCUT2D eigenvalue weighted by Gasteiger charge is 2.52. The Hall–Kier alpha value is -1.18. The van der Waals surface area contributed by atoms with Gasteiger partial charge >= 0.3 is 7.12 Å². The smallest absolute Gasteiger partial charge is 0.399 e. The first kappa shape index (κ1) is 15.7. The van der Waals surface area contributed by atoms with Gasteiger partial charge < -0.3 is 18.9 Å². The van der Waals surface area contributed by atoms with Crippen LogP contribution in [-0.4, -0.2) is 49.6 Å². The van der Waals surface area contributed by atoms with E-state index in [2.05, 4.69) is 9.88 Å². The first-order valence-electron chi connectivity index (χ1n) is 7.64. The lowest BCUT2D eigenvalue weighted by Crippen LogP contribution is -2.44. The van der Waals surface area contributed by atoms with Crippen molar-refractivity contribution in [2.45, 2.75) is 38.9 Å². The lowest BCUT2D eigenvalue weighted by Gasteiger charge is -2.32. The van der Waals surface area contributed by atoms with E-state index in [9.17, 15) is 4.39 Å². The molecule has 120 valence electrons. The molecule has 0 unspecified atom stereocenters. The number of hydrogen-bond acceptors (Lipinski definition) is 5. The van der Waals surface area contributed by atoms with Crippen LogP contribution in [0.25, 0.3) is 0 Å². The van der Waals surface area contributed by atoms with Crippen LogP contribution in [0.5, 0.6) is 0 Å². The predicted octanol–water partition coefficient (Wildman–Crippen LogP) is 1.36. The third-order valence-electron chi connectivity index (χ3n) is 4.68. The molecule has 0 aromatic carbocycles. The highest BCUT2D eigenvalue weighted by atomic mass is 19.1. The van der Waals surface area contributed by atoms with Gasteiger partial charge in [0.05, 0.1) is 30.6 Å². The summed E-state index contributed by atoms with van der Waals surface area (Å²) < 4.78 is 31.2. The summed E-state index contributed by atoms with van der Waals surface area (Å²) in [7, 11) is -0.619. The minimum absolute atomic E-state index is 0.387. The summed E-state index contributed by atoms with van der Waals surface area (Å²) in [5, 5.41) is 0. The maximum atomic E-state index is 13.7. The molecule has 3 rings (SSSR count). The number of morpholine rings is 1. The molecule has 2 saturated heterocycles. The van der Waals surface area contributed by atoms with Crippen molar-refractivity contribution in [3.8, 4) is 0 Å². The zero-order valence-electron chi connectivity index (χ0n) is 13.6. The van der Waals surface area contributed by atoms with Gasteiger partial charge in [-0.25, -0.2) is 9.37 Å². The summed E-state index contributed by atoms with van der Waals surface area (Å²) in [4.78, 5) is 6.36. The molecule has 0 atom stereocenters. The average molecular weight is 308 g/mol. The van der Waals surface area contributed by atoms with Gasteiger partial charge in [-0.15, -0.1) is 0 Å². The zero-order valence-corrected chi connectivity index (χ0v) is 13.6. The molecule has 0 radical (unpaired) electrons. The Kier molecular flexibility index (Phi) is 3.91. The van der Waals surface area contributed by atoms with E-state index >= 15 is 0 Å². The van der Waals surface area contributed by atoms with E-state index in [1.807, 2.05) is 27.7 Å². The summed E-state index contributed by atoms with van der Waals surface area (Å²) in [5.41, 5.74) is -0.293. The molecule has 3 heterocycles. The number of anilines is 1. The molecule has 2 aliphatic heterocycles. The minimum atomic E-state index is -0.619. The maximum absolute atomic E-state index is 13.7. The molecule has 2 fully saturated rings. The molecule has 1 aromatic rings. The van der Waals surface area contributed by atoms with E-state index in [1.165, 1.54) is 12.3 Å². The standard InChI is InChI=1S/C15H22BFN2O3/c1-14(2)15(3,4)22-16(21-14)12-9-11(17)10-18-13(12)19-5-7-20-8-6-19/h9-10H,5-8H2,1-4H3. The molecule has 5 nitrogen and oxygen atoms in total. The average Bonchev–Trinajstić information content (AvgIpc) is 2.68. The molecule has 7 heteroatoms. The van der Waals surface area contributed by atoms with Gasteiger partial charge in [-0.05, 0) is 33.8 Å². The monoisotopic (exact) mass is 308 g/mol. The first-order chi connectivity index (χ1) is 10.3. The van der Waals surface area contributed by atoms with Crippen LogP contribution in [0.4, 0.5) is 10.2 Å². The van der Waals surface area contributed by atoms with Crippen LogP contribution < -0.4 is 10.4 Å². The van der Waals surface area contributed by atoms with Crippen LogP contribution in [0.15, 0.2) is 12.3 Å². The summed E-state index contributed by atoms with van der Waals surface area (Å²) in [6.07, 6.45) is 1.24. The van der Waals surface area contributed by atoms with Crippen LogP contribution in [0.1, 0.15) is 27.7 Å². The van der Waals surface area contributed by atoms with Crippen LogP contribution >= 0.6 is 0 Å². The second kappa shape index (κ2) is 5.47. The molecule has 0 spiro atoms. The fourth-order valence-electron chi connectivity index (χ4n) is 2.63. The second-order valence-electron chi connectivity index (χ2n) is 6.75. The molecular weight excluding hydrogens is 286 g/mol. The van der Waals surface area contributed by atoms with Crippen molar-refractivity contribution < 1.29 is 18.4 Å². The van der Waals surface area contributed by atoms with Gasteiger partial charge in [0.25, 0.3) is 0 Å². The number of hydrogen-bond donors (Lipinski definition) is 0. The van der Waals surface area contributed by atoms with Gasteiger partial charge in [0.1, 0.15) is 11.6 Å². The van der Waals surface area contributed by atoms with Gasteiger partial charge in [-0.3, -0.25) is 0 Å². The first-order valence-corrected chi connectivity index (χ1v) is 7.64. The lowest BCUT2D eigenvalue weighted by atomic mass is 9.79. The van der Waals surface area contributed by atoms with E-state index in [0.29, 0.717) is 24.5 Å². The van der Waals surface area contributed by atoms with E-state index in [4.69, 9.17) is 14.0 Å². The molecule has 0 aliphatic carbocycles. The summed E-state index contributed by atoms with van der Waals surface area (Å²) >= 11 is 0. The Balaban J connectivity index is 1.94. The largest absolute Gasteiger partial charge is 0.498 e. The van der Waals surface area contributed by atoms with E-state index in [1.54, 1.807) is 0 Å². The third kappa shape index (κ3) is 2.73. The van der Waals surface area contributed by atoms with Crippen molar-refractivity contribution in [2.24, 2.45) is 0 Å². The molecule has 0 bridgehead atoms. The molecule has 0 saturated carbocycles. The van der Waals surface area contributed by atoms with Crippen LogP contribution in [0.3, 0.4) is 0 Å². The number of nitrogens with zero attached hydrogens (tertiary/aromatic N) is 2. The lowest BCUT2D eigenvalue weighted by molar-refractivity contribution is 0.00578. The van der Waals surface area contributed by atoms with Crippen LogP contribution in [-0.2, 0) is 14.0 Å². The molecule has 1 aromatic heterocycles. The molecule has 22 heavy (non-hydrogen) atoms. The summed E-state index contributed by atoms with van der Waals surface area (Å²) in [6.45, 7) is 10.7.